The summed E-state index contributed by atoms with van der Waals surface area (Å²) in [5, 5.41) is 5.87. The second-order valence-electron chi connectivity index (χ2n) is 3.42. The van der Waals surface area contributed by atoms with Gasteiger partial charge < -0.3 is 5.32 Å². The van der Waals surface area contributed by atoms with E-state index < -0.39 is 0 Å². The number of anilines is 1. The Bertz CT molecular complexity index is 484. The first kappa shape index (κ1) is 11.7. The minimum Gasteiger partial charge on any atom is -0.378 e. The molecular formula is C11H10Cl2N2S. The van der Waals surface area contributed by atoms with Crippen LogP contribution < -0.4 is 5.32 Å². The Morgan fingerprint density at radius 1 is 1.38 bits per heavy atom. The second-order valence-corrected chi connectivity index (χ2v) is 5.35. The highest BCUT2D eigenvalue weighted by atomic mass is 35.5. The molecular weight excluding hydrogens is 263 g/mol. The molecule has 0 saturated carbocycles. The summed E-state index contributed by atoms with van der Waals surface area (Å²) < 4.78 is 0.802. The molecule has 0 aromatic carbocycles. The van der Waals surface area contributed by atoms with Crippen LogP contribution in [0.1, 0.15) is 18.5 Å². The van der Waals surface area contributed by atoms with E-state index in [1.165, 1.54) is 16.9 Å². The van der Waals surface area contributed by atoms with Gasteiger partial charge in [0.2, 0.25) is 0 Å². The van der Waals surface area contributed by atoms with E-state index in [9.17, 15) is 0 Å². The van der Waals surface area contributed by atoms with Crippen LogP contribution in [0.2, 0.25) is 9.49 Å². The lowest BCUT2D eigenvalue weighted by atomic mass is 10.2. The van der Waals surface area contributed by atoms with Gasteiger partial charge in [-0.15, -0.1) is 11.3 Å². The molecule has 2 aromatic heterocycles. The van der Waals surface area contributed by atoms with Gasteiger partial charge >= 0.3 is 0 Å². The zero-order valence-electron chi connectivity index (χ0n) is 8.58. The van der Waals surface area contributed by atoms with Crippen molar-refractivity contribution in [3.05, 3.63) is 44.8 Å². The summed E-state index contributed by atoms with van der Waals surface area (Å²) in [6.45, 7) is 2.08. The fourth-order valence-electron chi connectivity index (χ4n) is 1.38. The number of halogens is 2. The first-order valence-corrected chi connectivity index (χ1v) is 6.41. The Balaban J connectivity index is 2.10. The third-order valence-corrected chi connectivity index (χ3v) is 3.51. The van der Waals surface area contributed by atoms with Crippen LogP contribution in [-0.2, 0) is 0 Å². The maximum Gasteiger partial charge on any atom is 0.131 e. The van der Waals surface area contributed by atoms with Crippen molar-refractivity contribution < 1.29 is 0 Å². The lowest BCUT2D eigenvalue weighted by Crippen LogP contribution is -2.05. The summed E-state index contributed by atoms with van der Waals surface area (Å²) in [7, 11) is 0. The Kier molecular flexibility index (Phi) is 3.69. The molecule has 84 valence electrons. The SMILES string of the molecule is CC(Nc1ccnc(Cl)c1)c1csc(Cl)c1. The third-order valence-electron chi connectivity index (χ3n) is 2.20. The average Bonchev–Trinajstić information content (AvgIpc) is 2.65. The topological polar surface area (TPSA) is 24.9 Å². The average molecular weight is 273 g/mol. The van der Waals surface area contributed by atoms with Crippen molar-refractivity contribution in [2.24, 2.45) is 0 Å². The molecule has 2 rings (SSSR count). The molecule has 0 aliphatic carbocycles. The Morgan fingerprint density at radius 2 is 2.19 bits per heavy atom. The molecule has 0 saturated heterocycles. The highest BCUT2D eigenvalue weighted by Crippen LogP contribution is 2.27. The largest absolute Gasteiger partial charge is 0.378 e. The van der Waals surface area contributed by atoms with Crippen molar-refractivity contribution in [3.8, 4) is 0 Å². The first-order valence-electron chi connectivity index (χ1n) is 4.77. The van der Waals surface area contributed by atoms with Gasteiger partial charge in [-0.1, -0.05) is 23.2 Å². The lowest BCUT2D eigenvalue weighted by molar-refractivity contribution is 0.890. The fraction of sp³-hybridized carbons (Fsp3) is 0.182. The molecule has 2 heterocycles. The summed E-state index contributed by atoms with van der Waals surface area (Å²) in [6, 6.07) is 5.84. The molecule has 1 atom stereocenters. The van der Waals surface area contributed by atoms with Crippen molar-refractivity contribution in [2.75, 3.05) is 5.32 Å². The number of hydrogen-bond donors (Lipinski definition) is 1. The van der Waals surface area contributed by atoms with Crippen LogP contribution in [0.15, 0.2) is 29.8 Å². The standard InChI is InChI=1S/C11H10Cl2N2S/c1-7(8-4-11(13)16-6-8)15-9-2-3-14-10(12)5-9/h2-7H,1H3,(H,14,15). The molecule has 2 aromatic rings. The molecule has 0 aliphatic rings. The third kappa shape index (κ3) is 2.88. The zero-order chi connectivity index (χ0) is 11.5. The van der Waals surface area contributed by atoms with Gasteiger partial charge in [0.25, 0.3) is 0 Å². The van der Waals surface area contributed by atoms with Crippen LogP contribution in [0, 0.1) is 0 Å². The van der Waals surface area contributed by atoms with Crippen LogP contribution in [0.4, 0.5) is 5.69 Å². The van der Waals surface area contributed by atoms with Crippen LogP contribution >= 0.6 is 34.5 Å². The molecule has 0 bridgehead atoms. The zero-order valence-corrected chi connectivity index (χ0v) is 10.9. The minimum atomic E-state index is 0.196. The summed E-state index contributed by atoms with van der Waals surface area (Å²) in [5.41, 5.74) is 2.12. The van der Waals surface area contributed by atoms with Crippen molar-refractivity contribution in [1.29, 1.82) is 0 Å². The molecule has 5 heteroatoms. The van der Waals surface area contributed by atoms with Gasteiger partial charge in [-0.05, 0) is 36.1 Å². The fourth-order valence-corrected chi connectivity index (χ4v) is 2.53. The minimum absolute atomic E-state index is 0.196. The smallest absolute Gasteiger partial charge is 0.131 e. The highest BCUT2D eigenvalue weighted by molar-refractivity contribution is 7.14. The second kappa shape index (κ2) is 5.04. The van der Waals surface area contributed by atoms with E-state index in [0.29, 0.717) is 5.15 Å². The van der Waals surface area contributed by atoms with Crippen molar-refractivity contribution >= 4 is 40.2 Å². The molecule has 2 nitrogen and oxygen atoms in total. The van der Waals surface area contributed by atoms with Gasteiger partial charge in [-0.2, -0.15) is 0 Å². The van der Waals surface area contributed by atoms with Crippen LogP contribution in [0.3, 0.4) is 0 Å². The maximum absolute atomic E-state index is 5.89. The summed E-state index contributed by atoms with van der Waals surface area (Å²) in [6.07, 6.45) is 1.68. The molecule has 0 spiro atoms. The van der Waals surface area contributed by atoms with E-state index in [1.54, 1.807) is 12.3 Å². The molecule has 1 N–H and O–H groups in total. The Morgan fingerprint density at radius 3 is 2.81 bits per heavy atom. The summed E-state index contributed by atoms with van der Waals surface area (Å²) in [5.74, 6) is 0. The monoisotopic (exact) mass is 272 g/mol. The van der Waals surface area contributed by atoms with E-state index in [4.69, 9.17) is 23.2 Å². The summed E-state index contributed by atoms with van der Waals surface area (Å²) >= 11 is 13.2. The van der Waals surface area contributed by atoms with Gasteiger partial charge in [0.1, 0.15) is 5.15 Å². The normalized spacial score (nSPS) is 12.4. The predicted molar refractivity (Wildman–Crippen MR) is 70.6 cm³/mol. The van der Waals surface area contributed by atoms with E-state index in [2.05, 4.69) is 17.2 Å². The molecule has 0 aliphatic heterocycles. The van der Waals surface area contributed by atoms with Crippen LogP contribution in [0.25, 0.3) is 0 Å². The van der Waals surface area contributed by atoms with Gasteiger partial charge in [0.15, 0.2) is 0 Å². The number of nitrogens with one attached hydrogen (secondary N) is 1. The van der Waals surface area contributed by atoms with Crippen LogP contribution in [-0.4, -0.2) is 4.98 Å². The summed E-state index contributed by atoms with van der Waals surface area (Å²) in [4.78, 5) is 3.93. The van der Waals surface area contributed by atoms with E-state index in [-0.39, 0.29) is 6.04 Å². The maximum atomic E-state index is 5.89. The van der Waals surface area contributed by atoms with Gasteiger partial charge in [-0.25, -0.2) is 4.98 Å². The quantitative estimate of drug-likeness (QED) is 0.825. The van der Waals surface area contributed by atoms with E-state index in [0.717, 1.165) is 10.0 Å². The van der Waals surface area contributed by atoms with Crippen molar-refractivity contribution in [2.45, 2.75) is 13.0 Å². The van der Waals surface area contributed by atoms with E-state index >= 15 is 0 Å². The number of pyridine rings is 1. The number of thiophene rings is 1. The molecule has 16 heavy (non-hydrogen) atoms. The van der Waals surface area contributed by atoms with Crippen molar-refractivity contribution in [1.82, 2.24) is 4.98 Å². The highest BCUT2D eigenvalue weighted by Gasteiger charge is 2.07. The van der Waals surface area contributed by atoms with Crippen LogP contribution in [0.5, 0.6) is 0 Å². The number of nitrogens with zero attached hydrogens (tertiary/aromatic N) is 1. The number of hydrogen-bond acceptors (Lipinski definition) is 3. The lowest BCUT2D eigenvalue weighted by Gasteiger charge is -2.13. The van der Waals surface area contributed by atoms with Crippen molar-refractivity contribution in [3.63, 3.8) is 0 Å². The molecule has 1 unspecified atom stereocenters. The van der Waals surface area contributed by atoms with E-state index in [1.807, 2.05) is 17.5 Å². The number of aromatic nitrogens is 1. The van der Waals surface area contributed by atoms with Gasteiger partial charge in [0, 0.05) is 17.9 Å². The molecule has 0 fully saturated rings. The molecule has 0 amide bonds. The first-order chi connectivity index (χ1) is 7.65. The van der Waals surface area contributed by atoms with Gasteiger partial charge in [-0.3, -0.25) is 0 Å². The predicted octanol–water partition coefficient (Wildman–Crippen LogP) is 4.62. The Hall–Kier alpha value is -0.770. The number of rotatable bonds is 3. The van der Waals surface area contributed by atoms with Gasteiger partial charge in [0.05, 0.1) is 4.34 Å². The Labute approximate surface area is 108 Å². The molecule has 0 radical (unpaired) electrons.